The fraction of sp³-hybridized carbons (Fsp3) is 0.538. The number of ether oxygens (including phenoxy) is 3. The van der Waals surface area contributed by atoms with Gasteiger partial charge in [-0.15, -0.1) is 0 Å². The van der Waals surface area contributed by atoms with Crippen molar-refractivity contribution in [3.05, 3.63) is 59.7 Å². The number of hydrogen-bond acceptors (Lipinski definition) is 3. The van der Waals surface area contributed by atoms with Gasteiger partial charge in [0.1, 0.15) is 18.1 Å². The highest BCUT2D eigenvalue weighted by Crippen LogP contribution is 2.37. The smallest absolute Gasteiger partial charge is 0.197 e. The Morgan fingerprint density at radius 3 is 2.34 bits per heavy atom. The van der Waals surface area contributed by atoms with Gasteiger partial charge in [0, 0.05) is 0 Å². The minimum atomic E-state index is -0.304. The zero-order valence-electron chi connectivity index (χ0n) is 18.2. The lowest BCUT2D eigenvalue weighted by atomic mass is 9.84. The third-order valence-corrected chi connectivity index (χ3v) is 6.02. The van der Waals surface area contributed by atoms with E-state index in [1.807, 2.05) is 19.1 Å². The van der Waals surface area contributed by atoms with E-state index in [9.17, 15) is 0 Å². The second-order valence-electron chi connectivity index (χ2n) is 8.16. The molecule has 0 amide bonds. The monoisotopic (exact) mass is 396 g/mol. The molecule has 1 aliphatic rings. The molecule has 0 aromatic heterocycles. The summed E-state index contributed by atoms with van der Waals surface area (Å²) in [6.07, 6.45) is 7.41. The molecule has 0 heterocycles. The summed E-state index contributed by atoms with van der Waals surface area (Å²) < 4.78 is 17.7. The van der Waals surface area contributed by atoms with Crippen molar-refractivity contribution in [1.82, 2.24) is 0 Å². The number of hydrogen-bond donors (Lipinski definition) is 0. The Bertz CT molecular complexity index is 719. The summed E-state index contributed by atoms with van der Waals surface area (Å²) in [7, 11) is 0. The maximum Gasteiger partial charge on any atom is 0.197 e. The van der Waals surface area contributed by atoms with Crippen molar-refractivity contribution in [2.24, 2.45) is 0 Å². The molecule has 1 aliphatic carbocycles. The summed E-state index contributed by atoms with van der Waals surface area (Å²) in [6.45, 7) is 7.42. The van der Waals surface area contributed by atoms with E-state index < -0.39 is 0 Å². The molecule has 0 spiro atoms. The molecule has 3 nitrogen and oxygen atoms in total. The molecule has 0 bridgehead atoms. The first-order valence-electron chi connectivity index (χ1n) is 11.3. The first-order chi connectivity index (χ1) is 14.2. The quantitative estimate of drug-likeness (QED) is 0.317. The normalized spacial score (nSPS) is 16.9. The van der Waals surface area contributed by atoms with E-state index in [0.717, 1.165) is 17.9 Å². The molecule has 2 unspecified atom stereocenters. The summed E-state index contributed by atoms with van der Waals surface area (Å²) in [5.74, 6) is 3.07. The molecular formula is C26H36O3. The van der Waals surface area contributed by atoms with Crippen LogP contribution in [0, 0.1) is 0 Å². The largest absolute Gasteiger partial charge is 0.491 e. The topological polar surface area (TPSA) is 27.7 Å². The zero-order valence-corrected chi connectivity index (χ0v) is 18.2. The predicted molar refractivity (Wildman–Crippen MR) is 119 cm³/mol. The van der Waals surface area contributed by atoms with Crippen LogP contribution < -0.4 is 9.47 Å². The highest BCUT2D eigenvalue weighted by Gasteiger charge is 2.18. The van der Waals surface area contributed by atoms with Crippen LogP contribution in [0.1, 0.15) is 82.3 Å². The van der Waals surface area contributed by atoms with Gasteiger partial charge in [-0.05, 0) is 67.3 Å². The summed E-state index contributed by atoms with van der Waals surface area (Å²) in [6, 6.07) is 16.8. The SMILES string of the molecule is CCC(C)c1ccc(OC(C)OCCOc2ccccc2C2CCCCC2)cc1. The van der Waals surface area contributed by atoms with E-state index in [0.29, 0.717) is 25.0 Å². The Labute approximate surface area is 176 Å². The van der Waals surface area contributed by atoms with Gasteiger partial charge in [-0.1, -0.05) is 63.4 Å². The molecule has 0 saturated heterocycles. The van der Waals surface area contributed by atoms with Crippen LogP contribution in [0.25, 0.3) is 0 Å². The maximum absolute atomic E-state index is 6.06. The molecule has 1 fully saturated rings. The summed E-state index contributed by atoms with van der Waals surface area (Å²) in [5, 5.41) is 0. The van der Waals surface area contributed by atoms with Gasteiger partial charge in [-0.25, -0.2) is 0 Å². The predicted octanol–water partition coefficient (Wildman–Crippen LogP) is 7.07. The van der Waals surface area contributed by atoms with Crippen LogP contribution in [0.15, 0.2) is 48.5 Å². The average Bonchev–Trinajstić information content (AvgIpc) is 2.77. The molecule has 2 atom stereocenters. The Morgan fingerprint density at radius 2 is 1.62 bits per heavy atom. The first-order valence-corrected chi connectivity index (χ1v) is 11.3. The number of para-hydroxylation sites is 1. The van der Waals surface area contributed by atoms with Gasteiger partial charge in [0.15, 0.2) is 6.29 Å². The van der Waals surface area contributed by atoms with Crippen molar-refractivity contribution in [3.63, 3.8) is 0 Å². The van der Waals surface area contributed by atoms with Crippen LogP contribution >= 0.6 is 0 Å². The Hall–Kier alpha value is -2.00. The van der Waals surface area contributed by atoms with Crippen molar-refractivity contribution in [2.75, 3.05) is 13.2 Å². The molecule has 3 rings (SSSR count). The van der Waals surface area contributed by atoms with Crippen molar-refractivity contribution in [1.29, 1.82) is 0 Å². The molecule has 3 heteroatoms. The molecule has 158 valence electrons. The molecule has 2 aromatic carbocycles. The summed E-state index contributed by atoms with van der Waals surface area (Å²) >= 11 is 0. The van der Waals surface area contributed by atoms with E-state index in [1.165, 1.54) is 43.2 Å². The molecule has 29 heavy (non-hydrogen) atoms. The van der Waals surface area contributed by atoms with E-state index in [1.54, 1.807) is 0 Å². The van der Waals surface area contributed by atoms with Gasteiger partial charge >= 0.3 is 0 Å². The van der Waals surface area contributed by atoms with Crippen LogP contribution in [-0.2, 0) is 4.74 Å². The van der Waals surface area contributed by atoms with Gasteiger partial charge in [0.2, 0.25) is 0 Å². The average molecular weight is 397 g/mol. The van der Waals surface area contributed by atoms with E-state index in [-0.39, 0.29) is 6.29 Å². The standard InChI is InChI=1S/C26H36O3/c1-4-20(2)22-14-16-24(17-15-22)29-21(3)27-18-19-28-26-13-9-8-12-25(26)23-10-6-5-7-11-23/h8-9,12-17,20-21,23H,4-7,10-11,18-19H2,1-3H3. The van der Waals surface area contributed by atoms with Gasteiger partial charge in [-0.2, -0.15) is 0 Å². The molecule has 1 saturated carbocycles. The highest BCUT2D eigenvalue weighted by molar-refractivity contribution is 5.36. The van der Waals surface area contributed by atoms with Gasteiger partial charge in [-0.3, -0.25) is 0 Å². The molecule has 2 aromatic rings. The summed E-state index contributed by atoms with van der Waals surface area (Å²) in [5.41, 5.74) is 2.70. The number of benzene rings is 2. The van der Waals surface area contributed by atoms with Crippen LogP contribution in [0.5, 0.6) is 11.5 Å². The Balaban J connectivity index is 1.42. The van der Waals surface area contributed by atoms with Crippen molar-refractivity contribution in [3.8, 4) is 11.5 Å². The van der Waals surface area contributed by atoms with Crippen molar-refractivity contribution < 1.29 is 14.2 Å². The van der Waals surface area contributed by atoms with Crippen LogP contribution in [0.3, 0.4) is 0 Å². The Kier molecular flexibility index (Phi) is 8.42. The maximum atomic E-state index is 6.06. The Morgan fingerprint density at radius 1 is 0.897 bits per heavy atom. The minimum absolute atomic E-state index is 0.304. The van der Waals surface area contributed by atoms with Gasteiger partial charge < -0.3 is 14.2 Å². The second kappa shape index (κ2) is 11.3. The lowest BCUT2D eigenvalue weighted by Crippen LogP contribution is -2.20. The molecule has 0 aliphatic heterocycles. The summed E-state index contributed by atoms with van der Waals surface area (Å²) in [4.78, 5) is 0. The van der Waals surface area contributed by atoms with E-state index in [4.69, 9.17) is 14.2 Å². The van der Waals surface area contributed by atoms with Crippen LogP contribution in [0.2, 0.25) is 0 Å². The first kappa shape index (κ1) is 21.7. The van der Waals surface area contributed by atoms with Crippen molar-refractivity contribution >= 4 is 0 Å². The van der Waals surface area contributed by atoms with E-state index in [2.05, 4.69) is 50.2 Å². The third kappa shape index (κ3) is 6.50. The molecule has 0 N–H and O–H groups in total. The van der Waals surface area contributed by atoms with Crippen LogP contribution in [-0.4, -0.2) is 19.5 Å². The lowest BCUT2D eigenvalue weighted by molar-refractivity contribution is -0.0739. The fourth-order valence-electron chi connectivity index (χ4n) is 4.06. The minimum Gasteiger partial charge on any atom is -0.491 e. The van der Waals surface area contributed by atoms with E-state index >= 15 is 0 Å². The van der Waals surface area contributed by atoms with Gasteiger partial charge in [0.25, 0.3) is 0 Å². The zero-order chi connectivity index (χ0) is 20.5. The fourth-order valence-corrected chi connectivity index (χ4v) is 4.06. The van der Waals surface area contributed by atoms with Crippen LogP contribution in [0.4, 0.5) is 0 Å². The highest BCUT2D eigenvalue weighted by atomic mass is 16.7. The van der Waals surface area contributed by atoms with Crippen molar-refractivity contribution in [2.45, 2.75) is 77.4 Å². The molecule has 0 radical (unpaired) electrons. The molecular weight excluding hydrogens is 360 g/mol. The lowest BCUT2D eigenvalue weighted by Gasteiger charge is -2.24. The number of rotatable bonds is 10. The van der Waals surface area contributed by atoms with Gasteiger partial charge in [0.05, 0.1) is 6.61 Å². The second-order valence-corrected chi connectivity index (χ2v) is 8.16. The third-order valence-electron chi connectivity index (χ3n) is 6.02.